The van der Waals surface area contributed by atoms with Gasteiger partial charge >= 0.3 is 5.97 Å². The van der Waals surface area contributed by atoms with Gasteiger partial charge in [0, 0.05) is 13.1 Å². The Labute approximate surface area is 123 Å². The number of hydrogen-bond acceptors (Lipinski definition) is 5. The van der Waals surface area contributed by atoms with E-state index in [1.54, 1.807) is 0 Å². The predicted molar refractivity (Wildman–Crippen MR) is 79.8 cm³/mol. The maximum Gasteiger partial charge on any atom is 0.326 e. The Morgan fingerprint density at radius 2 is 2.00 bits per heavy atom. The highest BCUT2D eigenvalue weighted by atomic mass is 16.5. The van der Waals surface area contributed by atoms with Gasteiger partial charge in [-0.25, -0.2) is 0 Å². The molecule has 5 heteroatoms. The third-order valence-electron chi connectivity index (χ3n) is 3.92. The molecule has 0 aromatic carbocycles. The summed E-state index contributed by atoms with van der Waals surface area (Å²) in [5.74, 6) is -0.161. The molecule has 0 aromatic heterocycles. The van der Waals surface area contributed by atoms with Crippen LogP contribution in [0.1, 0.15) is 40.5 Å². The fraction of sp³-hybridized carbons (Fsp3) is 0.933. The van der Waals surface area contributed by atoms with Gasteiger partial charge in [-0.1, -0.05) is 0 Å². The minimum Gasteiger partial charge on any atom is -0.465 e. The van der Waals surface area contributed by atoms with Gasteiger partial charge in [-0.05, 0) is 54.1 Å². The largest absolute Gasteiger partial charge is 0.465 e. The van der Waals surface area contributed by atoms with E-state index in [0.717, 1.165) is 32.5 Å². The molecule has 0 aromatic rings. The first-order valence-corrected chi connectivity index (χ1v) is 7.65. The van der Waals surface area contributed by atoms with Crippen LogP contribution in [0, 0.1) is 0 Å². The summed E-state index contributed by atoms with van der Waals surface area (Å²) in [6.45, 7) is 11.3. The molecule has 1 unspecified atom stereocenters. The summed E-state index contributed by atoms with van der Waals surface area (Å²) < 4.78 is 10.9. The van der Waals surface area contributed by atoms with Gasteiger partial charge < -0.3 is 14.8 Å². The van der Waals surface area contributed by atoms with Gasteiger partial charge in [-0.3, -0.25) is 9.69 Å². The highest BCUT2D eigenvalue weighted by molar-refractivity contribution is 5.80. The predicted octanol–water partition coefficient (Wildman–Crippen LogP) is 1.42. The van der Waals surface area contributed by atoms with Crippen molar-refractivity contribution in [3.05, 3.63) is 0 Å². The van der Waals surface area contributed by atoms with Gasteiger partial charge in [0.25, 0.3) is 0 Å². The number of nitrogens with one attached hydrogen (secondary N) is 1. The van der Waals surface area contributed by atoms with Crippen molar-refractivity contribution < 1.29 is 14.3 Å². The Morgan fingerprint density at radius 3 is 2.50 bits per heavy atom. The third-order valence-corrected chi connectivity index (χ3v) is 3.92. The zero-order valence-electron chi connectivity index (χ0n) is 13.6. The monoisotopic (exact) mass is 286 g/mol. The van der Waals surface area contributed by atoms with Crippen molar-refractivity contribution >= 4 is 5.97 Å². The summed E-state index contributed by atoms with van der Waals surface area (Å²) in [6, 6.07) is 0. The summed E-state index contributed by atoms with van der Waals surface area (Å²) >= 11 is 0. The van der Waals surface area contributed by atoms with Crippen molar-refractivity contribution in [2.24, 2.45) is 0 Å². The summed E-state index contributed by atoms with van der Waals surface area (Å²) in [7, 11) is 1.82. The van der Waals surface area contributed by atoms with E-state index in [1.807, 2.05) is 20.9 Å². The van der Waals surface area contributed by atoms with E-state index in [1.165, 1.54) is 0 Å². The number of rotatable bonds is 7. The topological polar surface area (TPSA) is 50.8 Å². The standard InChI is InChI=1S/C15H30N2O3/c1-6-19-14(18)15(4,16-5)8-7-9-17-10-12(2)20-13(3)11-17/h12-13,16H,6-11H2,1-5H3/t12-,13+,15?. The summed E-state index contributed by atoms with van der Waals surface area (Å²) in [5.41, 5.74) is -0.584. The van der Waals surface area contributed by atoms with Gasteiger partial charge in [-0.2, -0.15) is 0 Å². The molecule has 0 spiro atoms. The molecule has 0 amide bonds. The molecule has 0 bridgehead atoms. The number of carbonyl (C=O) groups is 1. The second-order valence-electron chi connectivity index (χ2n) is 5.92. The molecule has 20 heavy (non-hydrogen) atoms. The Kier molecular flexibility index (Phi) is 6.92. The first-order chi connectivity index (χ1) is 9.41. The Morgan fingerprint density at radius 1 is 1.40 bits per heavy atom. The molecule has 5 nitrogen and oxygen atoms in total. The molecule has 1 saturated heterocycles. The second kappa shape index (κ2) is 7.96. The molecule has 1 heterocycles. The van der Waals surface area contributed by atoms with E-state index in [-0.39, 0.29) is 5.97 Å². The van der Waals surface area contributed by atoms with Gasteiger partial charge in [0.05, 0.1) is 18.8 Å². The highest BCUT2D eigenvalue weighted by Crippen LogP contribution is 2.17. The molecule has 1 aliphatic rings. The first-order valence-electron chi connectivity index (χ1n) is 7.65. The van der Waals surface area contributed by atoms with E-state index in [2.05, 4.69) is 24.1 Å². The number of nitrogens with zero attached hydrogens (tertiary/aromatic N) is 1. The SMILES string of the molecule is CCOC(=O)C(C)(CCCN1C[C@@H](C)O[C@@H](C)C1)NC. The fourth-order valence-corrected chi connectivity index (χ4v) is 2.74. The lowest BCUT2D eigenvalue weighted by atomic mass is 9.96. The maximum absolute atomic E-state index is 12.0. The van der Waals surface area contributed by atoms with Gasteiger partial charge in [0.15, 0.2) is 0 Å². The van der Waals surface area contributed by atoms with Crippen LogP contribution in [0.3, 0.4) is 0 Å². The van der Waals surface area contributed by atoms with Crippen LogP contribution in [0.4, 0.5) is 0 Å². The lowest BCUT2D eigenvalue weighted by Gasteiger charge is -2.36. The first kappa shape index (κ1) is 17.4. The summed E-state index contributed by atoms with van der Waals surface area (Å²) in [5, 5.41) is 3.10. The molecular weight excluding hydrogens is 256 g/mol. The molecule has 1 rings (SSSR count). The Hall–Kier alpha value is -0.650. The van der Waals surface area contributed by atoms with Crippen molar-refractivity contribution in [2.75, 3.05) is 33.3 Å². The Bertz CT molecular complexity index is 301. The average molecular weight is 286 g/mol. The molecule has 118 valence electrons. The number of hydrogen-bond donors (Lipinski definition) is 1. The lowest BCUT2D eigenvalue weighted by molar-refractivity contribution is -0.150. The van der Waals surface area contributed by atoms with E-state index in [9.17, 15) is 4.79 Å². The fourth-order valence-electron chi connectivity index (χ4n) is 2.74. The smallest absolute Gasteiger partial charge is 0.326 e. The third kappa shape index (κ3) is 5.04. The van der Waals surface area contributed by atoms with Gasteiger partial charge in [0.2, 0.25) is 0 Å². The highest BCUT2D eigenvalue weighted by Gasteiger charge is 2.32. The molecular formula is C15H30N2O3. The van der Waals surface area contributed by atoms with Crippen LogP contribution in [0.5, 0.6) is 0 Å². The minimum absolute atomic E-state index is 0.161. The van der Waals surface area contributed by atoms with Crippen LogP contribution in [-0.4, -0.2) is 61.9 Å². The number of ether oxygens (including phenoxy) is 2. The number of esters is 1. The molecule has 1 aliphatic heterocycles. The van der Waals surface area contributed by atoms with E-state index < -0.39 is 5.54 Å². The van der Waals surface area contributed by atoms with Crippen molar-refractivity contribution in [1.82, 2.24) is 10.2 Å². The number of carbonyl (C=O) groups excluding carboxylic acids is 1. The average Bonchev–Trinajstić information content (AvgIpc) is 2.37. The minimum atomic E-state index is -0.584. The molecule has 0 aliphatic carbocycles. The van der Waals surface area contributed by atoms with Gasteiger partial charge in [0.1, 0.15) is 5.54 Å². The quantitative estimate of drug-likeness (QED) is 0.717. The zero-order chi connectivity index (χ0) is 15.2. The molecule has 0 saturated carbocycles. The van der Waals surface area contributed by atoms with Crippen molar-refractivity contribution in [1.29, 1.82) is 0 Å². The van der Waals surface area contributed by atoms with E-state index in [4.69, 9.17) is 9.47 Å². The van der Waals surface area contributed by atoms with Crippen molar-refractivity contribution in [3.63, 3.8) is 0 Å². The number of likely N-dealkylation sites (N-methyl/N-ethyl adjacent to an activating group) is 1. The van der Waals surface area contributed by atoms with E-state index >= 15 is 0 Å². The molecule has 1 fully saturated rings. The van der Waals surface area contributed by atoms with Crippen LogP contribution in [-0.2, 0) is 14.3 Å². The van der Waals surface area contributed by atoms with Crippen molar-refractivity contribution in [3.8, 4) is 0 Å². The molecule has 0 radical (unpaired) electrons. The normalized spacial score (nSPS) is 27.1. The number of morpholine rings is 1. The lowest BCUT2D eigenvalue weighted by Crippen LogP contribution is -2.50. The Balaban J connectivity index is 2.39. The van der Waals surface area contributed by atoms with Crippen molar-refractivity contribution in [2.45, 2.75) is 58.3 Å². The van der Waals surface area contributed by atoms with Crippen LogP contribution in [0.25, 0.3) is 0 Å². The second-order valence-corrected chi connectivity index (χ2v) is 5.92. The van der Waals surface area contributed by atoms with Gasteiger partial charge in [-0.15, -0.1) is 0 Å². The van der Waals surface area contributed by atoms with Crippen LogP contribution >= 0.6 is 0 Å². The van der Waals surface area contributed by atoms with Crippen LogP contribution in [0.15, 0.2) is 0 Å². The maximum atomic E-state index is 12.0. The summed E-state index contributed by atoms with van der Waals surface area (Å²) in [4.78, 5) is 14.4. The zero-order valence-corrected chi connectivity index (χ0v) is 13.6. The molecule has 1 N–H and O–H groups in total. The molecule has 3 atom stereocenters. The summed E-state index contributed by atoms with van der Waals surface area (Å²) in [6.07, 6.45) is 2.33. The van der Waals surface area contributed by atoms with E-state index in [0.29, 0.717) is 18.8 Å². The van der Waals surface area contributed by atoms with Crippen LogP contribution in [0.2, 0.25) is 0 Å². The van der Waals surface area contributed by atoms with Crippen LogP contribution < -0.4 is 5.32 Å².